The SMILES string of the molecule is C[Si]1(C)c2cc(N3CC(F)(F)C3)ccc2C2(OC(=O)c3ccccc32)c2ccc(N3CC(F)(F)C3)cc21. The highest BCUT2D eigenvalue weighted by atomic mass is 28.3. The quantitative estimate of drug-likeness (QED) is 0.286. The van der Waals surface area contributed by atoms with E-state index in [0.29, 0.717) is 16.9 Å². The van der Waals surface area contributed by atoms with Gasteiger partial charge in [0.1, 0.15) is 8.07 Å². The van der Waals surface area contributed by atoms with Crippen molar-refractivity contribution >= 4 is 35.8 Å². The van der Waals surface area contributed by atoms with Gasteiger partial charge in [-0.2, -0.15) is 0 Å². The Morgan fingerprint density at radius 1 is 0.730 bits per heavy atom. The summed E-state index contributed by atoms with van der Waals surface area (Å²) < 4.78 is 61.0. The number of esters is 1. The minimum absolute atomic E-state index is 0.333. The summed E-state index contributed by atoms with van der Waals surface area (Å²) in [7, 11) is -2.49. The largest absolute Gasteiger partial charge is 0.441 e. The van der Waals surface area contributed by atoms with Gasteiger partial charge < -0.3 is 14.5 Å². The maximum atomic E-state index is 13.7. The normalized spacial score (nSPS) is 22.9. The molecule has 0 aliphatic carbocycles. The molecule has 3 aromatic carbocycles. The number of ether oxygens (including phenoxy) is 1. The summed E-state index contributed by atoms with van der Waals surface area (Å²) in [6.45, 7) is 3.01. The molecule has 0 saturated carbocycles. The van der Waals surface area contributed by atoms with Crippen molar-refractivity contribution in [3.8, 4) is 0 Å². The molecule has 0 radical (unpaired) electrons. The van der Waals surface area contributed by atoms with Crippen LogP contribution in [-0.2, 0) is 10.3 Å². The predicted molar refractivity (Wildman–Crippen MR) is 136 cm³/mol. The molecule has 0 bridgehead atoms. The molecule has 1 spiro atoms. The summed E-state index contributed by atoms with van der Waals surface area (Å²) in [5.41, 5.74) is 3.14. The van der Waals surface area contributed by atoms with Crippen LogP contribution in [0.25, 0.3) is 0 Å². The molecule has 3 aromatic rings. The first-order valence-electron chi connectivity index (χ1n) is 12.3. The number of carbonyl (C=O) groups is 1. The number of nitrogens with zero attached hydrogens (tertiary/aromatic N) is 2. The molecule has 4 aliphatic rings. The molecule has 0 unspecified atom stereocenters. The molecule has 0 N–H and O–H groups in total. The first kappa shape index (κ1) is 22.8. The third-order valence-corrected chi connectivity index (χ3v) is 11.8. The van der Waals surface area contributed by atoms with Crippen molar-refractivity contribution in [2.24, 2.45) is 0 Å². The molecule has 0 aromatic heterocycles. The second kappa shape index (κ2) is 6.95. The molecule has 9 heteroatoms. The molecule has 7 rings (SSSR count). The lowest BCUT2D eigenvalue weighted by Gasteiger charge is -2.46. The average Bonchev–Trinajstić information content (AvgIpc) is 3.12. The average molecular weight is 525 g/mol. The van der Waals surface area contributed by atoms with Gasteiger partial charge in [-0.3, -0.25) is 0 Å². The number of halogens is 4. The molecular formula is C28H24F4N2O2Si. The van der Waals surface area contributed by atoms with E-state index in [1.54, 1.807) is 21.9 Å². The predicted octanol–water partition coefficient (Wildman–Crippen LogP) is 4.20. The molecule has 4 heterocycles. The lowest BCUT2D eigenvalue weighted by Crippen LogP contribution is -2.64. The Morgan fingerprint density at radius 3 is 1.70 bits per heavy atom. The van der Waals surface area contributed by atoms with E-state index in [2.05, 4.69) is 13.1 Å². The number of carbonyl (C=O) groups excluding carboxylic acids is 1. The van der Waals surface area contributed by atoms with Crippen molar-refractivity contribution in [3.63, 3.8) is 0 Å². The summed E-state index contributed by atoms with van der Waals surface area (Å²) in [4.78, 5) is 16.4. The summed E-state index contributed by atoms with van der Waals surface area (Å²) >= 11 is 0. The van der Waals surface area contributed by atoms with E-state index < -0.39 is 31.5 Å². The van der Waals surface area contributed by atoms with Gasteiger partial charge in [0.15, 0.2) is 5.60 Å². The topological polar surface area (TPSA) is 32.8 Å². The number of alkyl halides is 4. The van der Waals surface area contributed by atoms with E-state index in [4.69, 9.17) is 4.74 Å². The molecule has 4 nitrogen and oxygen atoms in total. The van der Waals surface area contributed by atoms with Crippen molar-refractivity contribution in [1.29, 1.82) is 0 Å². The highest BCUT2D eigenvalue weighted by Gasteiger charge is 2.56. The number of hydrogen-bond donors (Lipinski definition) is 0. The van der Waals surface area contributed by atoms with E-state index >= 15 is 0 Å². The Kier molecular flexibility index (Phi) is 4.29. The Balaban J connectivity index is 1.45. The van der Waals surface area contributed by atoms with Gasteiger partial charge in [0, 0.05) is 28.1 Å². The van der Waals surface area contributed by atoms with E-state index in [9.17, 15) is 22.4 Å². The highest BCUT2D eigenvalue weighted by Crippen LogP contribution is 2.49. The smallest absolute Gasteiger partial charge is 0.340 e. The number of hydrogen-bond acceptors (Lipinski definition) is 4. The van der Waals surface area contributed by atoms with Crippen LogP contribution >= 0.6 is 0 Å². The summed E-state index contributed by atoms with van der Waals surface area (Å²) in [5, 5.41) is 1.98. The lowest BCUT2D eigenvalue weighted by atomic mass is 9.79. The highest BCUT2D eigenvalue weighted by molar-refractivity contribution is 7.01. The Morgan fingerprint density at radius 2 is 1.22 bits per heavy atom. The zero-order valence-electron chi connectivity index (χ0n) is 20.3. The molecule has 2 saturated heterocycles. The minimum Gasteiger partial charge on any atom is -0.441 e. The van der Waals surface area contributed by atoms with Gasteiger partial charge in [0.05, 0.1) is 31.7 Å². The second-order valence-corrected chi connectivity index (χ2v) is 15.5. The van der Waals surface area contributed by atoms with Crippen LogP contribution in [0, 0.1) is 0 Å². The van der Waals surface area contributed by atoms with E-state index in [-0.39, 0.29) is 26.2 Å². The van der Waals surface area contributed by atoms with Crippen molar-refractivity contribution in [2.75, 3.05) is 36.0 Å². The van der Waals surface area contributed by atoms with Gasteiger partial charge in [-0.25, -0.2) is 22.4 Å². The van der Waals surface area contributed by atoms with E-state index in [1.807, 2.05) is 48.5 Å². The third-order valence-electron chi connectivity index (χ3n) is 8.30. The minimum atomic E-state index is -2.70. The molecule has 0 atom stereocenters. The van der Waals surface area contributed by atoms with Crippen LogP contribution in [0.2, 0.25) is 13.1 Å². The van der Waals surface area contributed by atoms with E-state index in [1.165, 1.54) is 0 Å². The number of fused-ring (bicyclic) bond motifs is 6. The standard InChI is InChI=1S/C28H24F4N2O2Si/c1-37(2)23-11-17(33-13-26(29,30)14-33)7-9-21(23)28(20-6-4-3-5-19(20)25(35)36-28)22-10-8-18(12-24(22)37)34-15-27(31,32)16-34/h3-12H,13-16H2,1-2H3. The maximum Gasteiger partial charge on any atom is 0.340 e. The first-order chi connectivity index (χ1) is 17.4. The molecule has 4 aliphatic heterocycles. The van der Waals surface area contributed by atoms with Crippen molar-refractivity contribution in [1.82, 2.24) is 0 Å². The zero-order valence-corrected chi connectivity index (χ0v) is 21.3. The number of benzene rings is 3. The zero-order chi connectivity index (χ0) is 26.0. The first-order valence-corrected chi connectivity index (χ1v) is 15.3. The third kappa shape index (κ3) is 3.03. The maximum absolute atomic E-state index is 13.7. The summed E-state index contributed by atoms with van der Waals surface area (Å²) in [6, 6.07) is 18.7. The Labute approximate surface area is 212 Å². The van der Waals surface area contributed by atoms with Crippen LogP contribution < -0.4 is 20.2 Å². The summed E-state index contributed by atoms with van der Waals surface area (Å²) in [6.07, 6.45) is 0. The fourth-order valence-electron chi connectivity index (χ4n) is 6.40. The van der Waals surface area contributed by atoms with Crippen LogP contribution in [0.5, 0.6) is 0 Å². The Bertz CT molecular complexity index is 1410. The number of rotatable bonds is 2. The van der Waals surface area contributed by atoms with Crippen molar-refractivity contribution in [2.45, 2.75) is 30.5 Å². The monoisotopic (exact) mass is 524 g/mol. The number of anilines is 2. The van der Waals surface area contributed by atoms with Gasteiger partial charge in [-0.05, 0) is 40.7 Å². The fraction of sp³-hybridized carbons (Fsp3) is 0.321. The van der Waals surface area contributed by atoms with Gasteiger partial charge in [0.25, 0.3) is 11.8 Å². The van der Waals surface area contributed by atoms with Crippen LogP contribution in [-0.4, -0.2) is 52.1 Å². The van der Waals surface area contributed by atoms with Gasteiger partial charge in [0.2, 0.25) is 0 Å². The second-order valence-electron chi connectivity index (χ2n) is 11.1. The van der Waals surface area contributed by atoms with E-state index in [0.717, 1.165) is 27.1 Å². The molecule has 37 heavy (non-hydrogen) atoms. The van der Waals surface area contributed by atoms with Crippen LogP contribution in [0.4, 0.5) is 28.9 Å². The van der Waals surface area contributed by atoms with Crippen LogP contribution in [0.15, 0.2) is 60.7 Å². The molecule has 2 fully saturated rings. The summed E-state index contributed by atoms with van der Waals surface area (Å²) in [5.74, 6) is -5.83. The molecule has 190 valence electrons. The van der Waals surface area contributed by atoms with Crippen LogP contribution in [0.3, 0.4) is 0 Å². The van der Waals surface area contributed by atoms with Gasteiger partial charge >= 0.3 is 5.97 Å². The molecular weight excluding hydrogens is 500 g/mol. The van der Waals surface area contributed by atoms with Crippen molar-refractivity contribution in [3.05, 3.63) is 82.9 Å². The Hall–Kier alpha value is -3.33. The van der Waals surface area contributed by atoms with Crippen molar-refractivity contribution < 1.29 is 27.1 Å². The van der Waals surface area contributed by atoms with Gasteiger partial charge in [-0.15, -0.1) is 0 Å². The fourth-order valence-corrected chi connectivity index (χ4v) is 9.58. The molecule has 0 amide bonds. The van der Waals surface area contributed by atoms with Crippen LogP contribution in [0.1, 0.15) is 27.0 Å². The van der Waals surface area contributed by atoms with Gasteiger partial charge in [-0.1, -0.05) is 43.4 Å². The lowest BCUT2D eigenvalue weighted by molar-refractivity contribution is -0.0268.